The van der Waals surface area contributed by atoms with Crippen molar-refractivity contribution in [3.63, 3.8) is 0 Å². The van der Waals surface area contributed by atoms with Gasteiger partial charge in [-0.3, -0.25) is 18.9 Å². The first-order valence-corrected chi connectivity index (χ1v) is 13.7. The number of amides is 4. The summed E-state index contributed by atoms with van der Waals surface area (Å²) >= 11 is 0.895. The van der Waals surface area contributed by atoms with E-state index in [0.717, 1.165) is 31.3 Å². The minimum absolute atomic E-state index is 0.00106. The largest absolute Gasteiger partial charge is 0.503 e. The van der Waals surface area contributed by atoms with E-state index in [1.165, 1.54) is 5.38 Å². The standard InChI is InChI=1S/C20H24N8O12S2/c1-20(2,17(33)34)40-26-13(9-7-41-18(21)24-9)15(31)25-14-10(28(16(14)32)42(37,38)39)5-23-19(35)22-4-8-3-11(29)12(30)6-27(8)36/h3,6-7,10,14,30,36H,4-5H2,1-2H3,(H2,21,24)(H,25,31)(H,33,34)(H2,22,23,35)(H,37,38,39)/b26-13-/t10-,14+/m1/s1. The van der Waals surface area contributed by atoms with Crippen LogP contribution in [0.1, 0.15) is 25.2 Å². The molecule has 0 radical (unpaired) electrons. The van der Waals surface area contributed by atoms with Gasteiger partial charge in [0, 0.05) is 18.0 Å². The van der Waals surface area contributed by atoms with Gasteiger partial charge in [-0.05, 0) is 13.8 Å². The predicted octanol–water partition coefficient (Wildman–Crippen LogP) is -2.59. The minimum atomic E-state index is -5.14. The van der Waals surface area contributed by atoms with Crippen molar-refractivity contribution in [2.45, 2.75) is 38.1 Å². The van der Waals surface area contributed by atoms with Gasteiger partial charge in [0.1, 0.15) is 11.7 Å². The van der Waals surface area contributed by atoms with Gasteiger partial charge in [0.25, 0.3) is 11.8 Å². The van der Waals surface area contributed by atoms with Crippen LogP contribution < -0.4 is 27.1 Å². The number of aromatic nitrogens is 2. The maximum absolute atomic E-state index is 13.1. The fourth-order valence-corrected chi connectivity index (χ4v) is 4.71. The summed E-state index contributed by atoms with van der Waals surface area (Å²) in [4.78, 5) is 69.6. The molecule has 2 atom stereocenters. The highest BCUT2D eigenvalue weighted by molar-refractivity contribution is 7.84. The summed E-state index contributed by atoms with van der Waals surface area (Å²) in [6, 6.07) is -3.35. The lowest BCUT2D eigenvalue weighted by Gasteiger charge is -2.44. The number of anilines is 1. The summed E-state index contributed by atoms with van der Waals surface area (Å²) in [5, 5.41) is 39.7. The molecule has 1 fully saturated rings. The number of nitrogens with zero attached hydrogens (tertiary/aromatic N) is 4. The van der Waals surface area contributed by atoms with Crippen LogP contribution in [0.2, 0.25) is 0 Å². The Morgan fingerprint density at radius 1 is 1.26 bits per heavy atom. The normalized spacial score (nSPS) is 17.3. The van der Waals surface area contributed by atoms with Crippen LogP contribution in [0.15, 0.2) is 27.6 Å². The molecule has 1 saturated heterocycles. The summed E-state index contributed by atoms with van der Waals surface area (Å²) in [5.41, 5.74) is 1.93. The molecule has 0 bridgehead atoms. The molecule has 0 saturated carbocycles. The number of pyridine rings is 1. The van der Waals surface area contributed by atoms with E-state index in [4.69, 9.17) is 10.6 Å². The molecular weight excluding hydrogens is 608 g/mol. The molecule has 1 aliphatic heterocycles. The summed E-state index contributed by atoms with van der Waals surface area (Å²) in [5.74, 6) is -4.63. The summed E-state index contributed by atoms with van der Waals surface area (Å²) in [6.45, 7) is 1.18. The second-order valence-electron chi connectivity index (χ2n) is 8.97. The number of carboxylic acid groups (broad SMARTS) is 1. The number of thiazole rings is 1. The average molecular weight is 633 g/mol. The molecule has 2 aromatic heterocycles. The van der Waals surface area contributed by atoms with E-state index in [0.29, 0.717) is 10.9 Å². The number of nitrogen functional groups attached to an aromatic ring is 1. The van der Waals surface area contributed by atoms with Gasteiger partial charge in [-0.1, -0.05) is 5.16 Å². The Labute approximate surface area is 239 Å². The van der Waals surface area contributed by atoms with Crippen LogP contribution in [0.25, 0.3) is 0 Å². The van der Waals surface area contributed by atoms with Crippen LogP contribution in [0.3, 0.4) is 0 Å². The van der Waals surface area contributed by atoms with Crippen molar-refractivity contribution >= 4 is 56.3 Å². The van der Waals surface area contributed by atoms with Crippen molar-refractivity contribution in [3.8, 4) is 5.75 Å². The highest BCUT2D eigenvalue weighted by Crippen LogP contribution is 2.24. The van der Waals surface area contributed by atoms with E-state index in [1.807, 2.05) is 0 Å². The zero-order valence-corrected chi connectivity index (χ0v) is 23.2. The van der Waals surface area contributed by atoms with Gasteiger partial charge in [-0.25, -0.2) is 18.9 Å². The number of aromatic hydroxyl groups is 1. The quantitative estimate of drug-likeness (QED) is 0.0415. The van der Waals surface area contributed by atoms with Crippen molar-refractivity contribution in [3.05, 3.63) is 39.3 Å². The highest BCUT2D eigenvalue weighted by atomic mass is 32.2. The minimum Gasteiger partial charge on any atom is -0.503 e. The van der Waals surface area contributed by atoms with Crippen LogP contribution in [0.4, 0.5) is 9.93 Å². The molecule has 0 spiro atoms. The van der Waals surface area contributed by atoms with Gasteiger partial charge < -0.3 is 41.9 Å². The third kappa shape index (κ3) is 7.02. The number of hydrogen-bond acceptors (Lipinski definition) is 14. The molecule has 2 aromatic rings. The van der Waals surface area contributed by atoms with Crippen LogP contribution in [0, 0.1) is 0 Å². The zero-order valence-electron chi connectivity index (χ0n) is 21.5. The Hall–Kier alpha value is -4.96. The fraction of sp³-hybridized carbons (Fsp3) is 0.350. The third-order valence-electron chi connectivity index (χ3n) is 5.56. The number of rotatable bonds is 11. The molecule has 9 N–H and O–H groups in total. The number of β-lactam (4-membered cyclic amide) rings is 1. The van der Waals surface area contributed by atoms with Gasteiger partial charge in [-0.2, -0.15) is 13.1 Å². The van der Waals surface area contributed by atoms with Crippen molar-refractivity contribution in [2.24, 2.45) is 5.16 Å². The molecule has 228 valence electrons. The third-order valence-corrected chi connectivity index (χ3v) is 7.18. The maximum atomic E-state index is 13.1. The number of aliphatic carboxylic acids is 1. The van der Waals surface area contributed by atoms with Crippen LogP contribution in [-0.2, 0) is 36.1 Å². The zero-order chi connectivity index (χ0) is 31.6. The first-order valence-electron chi connectivity index (χ1n) is 11.4. The van der Waals surface area contributed by atoms with E-state index in [-0.39, 0.29) is 20.8 Å². The van der Waals surface area contributed by atoms with Crippen molar-refractivity contribution in [1.29, 1.82) is 0 Å². The lowest BCUT2D eigenvalue weighted by atomic mass is 9.98. The summed E-state index contributed by atoms with van der Waals surface area (Å²) in [6.07, 6.45) is 0.694. The highest BCUT2D eigenvalue weighted by Gasteiger charge is 2.54. The van der Waals surface area contributed by atoms with Crippen LogP contribution in [-0.4, -0.2) is 96.2 Å². The van der Waals surface area contributed by atoms with Gasteiger partial charge in [-0.15, -0.1) is 11.3 Å². The first-order chi connectivity index (χ1) is 19.4. The number of carboxylic acids is 1. The van der Waals surface area contributed by atoms with E-state index in [2.05, 4.69) is 26.1 Å². The van der Waals surface area contributed by atoms with Crippen LogP contribution in [0.5, 0.6) is 5.75 Å². The molecule has 1 aliphatic rings. The second kappa shape index (κ2) is 11.9. The van der Waals surface area contributed by atoms with Crippen molar-refractivity contribution < 1.29 is 52.4 Å². The molecular formula is C20H24N8O12S2. The Kier molecular flexibility index (Phi) is 8.93. The van der Waals surface area contributed by atoms with Crippen molar-refractivity contribution in [2.75, 3.05) is 12.3 Å². The lowest BCUT2D eigenvalue weighted by Crippen LogP contribution is -2.74. The first kappa shape index (κ1) is 31.6. The number of carbonyl (C=O) groups is 4. The van der Waals surface area contributed by atoms with Gasteiger partial charge in [0.15, 0.2) is 16.6 Å². The number of hydrogen-bond donors (Lipinski definition) is 8. The number of nitrogens with one attached hydrogen (secondary N) is 3. The smallest absolute Gasteiger partial charge is 0.362 e. The van der Waals surface area contributed by atoms with Crippen molar-refractivity contribution in [1.82, 2.24) is 30.0 Å². The second-order valence-corrected chi connectivity index (χ2v) is 11.1. The summed E-state index contributed by atoms with van der Waals surface area (Å²) in [7, 11) is -5.14. The Morgan fingerprint density at radius 3 is 2.50 bits per heavy atom. The molecule has 20 nitrogen and oxygen atoms in total. The Bertz CT molecular complexity index is 1620. The Balaban J connectivity index is 1.76. The maximum Gasteiger partial charge on any atom is 0.362 e. The molecule has 42 heavy (non-hydrogen) atoms. The van der Waals surface area contributed by atoms with Gasteiger partial charge >= 0.3 is 22.3 Å². The fourth-order valence-electron chi connectivity index (χ4n) is 3.29. The number of urea groups is 1. The molecule has 0 aliphatic carbocycles. The monoisotopic (exact) mass is 632 g/mol. The predicted molar refractivity (Wildman–Crippen MR) is 140 cm³/mol. The molecule has 3 heterocycles. The van der Waals surface area contributed by atoms with Gasteiger partial charge in [0.2, 0.25) is 11.0 Å². The topological polar surface area (TPSA) is 305 Å². The van der Waals surface area contributed by atoms with E-state index < -0.39 is 81.8 Å². The van der Waals surface area contributed by atoms with Gasteiger partial charge in [0.05, 0.1) is 24.5 Å². The van der Waals surface area contributed by atoms with E-state index in [1.54, 1.807) is 0 Å². The molecule has 0 unspecified atom stereocenters. The number of carbonyl (C=O) groups excluding carboxylic acids is 3. The summed E-state index contributed by atoms with van der Waals surface area (Å²) < 4.78 is 33.4. The molecule has 22 heteroatoms. The van der Waals surface area contributed by atoms with E-state index >= 15 is 0 Å². The average Bonchev–Trinajstić information content (AvgIpc) is 3.30. The van der Waals surface area contributed by atoms with E-state index in [9.17, 15) is 52.4 Å². The number of nitrogens with two attached hydrogens (primary N) is 1. The molecule has 3 rings (SSSR count). The lowest BCUT2D eigenvalue weighted by molar-refractivity contribution is -0.161. The number of oxime groups is 1. The van der Waals surface area contributed by atoms with Crippen LogP contribution >= 0.6 is 11.3 Å². The SMILES string of the molecule is CC(C)(O/N=C(\C(=O)N[C@@H]1C(=O)N(S(=O)(=O)O)[C@@H]1CNC(=O)NCc1cc(=O)c(O)cn1O)c1csc(N)n1)C(=O)O. The Morgan fingerprint density at radius 2 is 1.93 bits per heavy atom. The molecule has 0 aromatic carbocycles. The molecule has 4 amide bonds.